The van der Waals surface area contributed by atoms with Gasteiger partial charge in [-0.1, -0.05) is 23.2 Å². The van der Waals surface area contributed by atoms with E-state index < -0.39 is 10.0 Å². The zero-order valence-electron chi connectivity index (χ0n) is 15.8. The molecular weight excluding hydrogens is 453 g/mol. The van der Waals surface area contributed by atoms with Crippen LogP contribution in [0.4, 0.5) is 5.69 Å². The Hall–Kier alpha value is -2.07. The number of rotatable bonds is 4. The molecule has 0 bridgehead atoms. The van der Waals surface area contributed by atoms with Crippen LogP contribution < -0.4 is 14.8 Å². The maximum Gasteiger partial charge on any atom is 0.246 e. The molecule has 160 valence electrons. The second-order valence-corrected chi connectivity index (χ2v) is 9.61. The number of ether oxygens (including phenoxy) is 2. The van der Waals surface area contributed by atoms with Crippen molar-refractivity contribution in [2.45, 2.75) is 17.7 Å². The summed E-state index contributed by atoms with van der Waals surface area (Å²) in [5.74, 6) is 0.502. The normalized spacial score (nSPS) is 17.5. The lowest BCUT2D eigenvalue weighted by Gasteiger charge is -2.30. The molecule has 4 rings (SSSR count). The lowest BCUT2D eigenvalue weighted by Crippen LogP contribution is -2.41. The molecule has 11 heteroatoms. The van der Waals surface area contributed by atoms with Crippen LogP contribution in [0.2, 0.25) is 10.2 Å². The summed E-state index contributed by atoms with van der Waals surface area (Å²) in [5, 5.41) is 3.10. The molecule has 0 radical (unpaired) electrons. The fourth-order valence-electron chi connectivity index (χ4n) is 3.46. The number of hydrogen-bond acceptors (Lipinski definition) is 6. The van der Waals surface area contributed by atoms with Gasteiger partial charge in [0.25, 0.3) is 0 Å². The molecule has 0 atom stereocenters. The molecule has 30 heavy (non-hydrogen) atoms. The Morgan fingerprint density at radius 1 is 1.13 bits per heavy atom. The summed E-state index contributed by atoms with van der Waals surface area (Å²) in [4.78, 5) is 16.5. The number of pyridine rings is 1. The van der Waals surface area contributed by atoms with Crippen molar-refractivity contribution in [2.75, 3.05) is 31.6 Å². The van der Waals surface area contributed by atoms with E-state index in [2.05, 4.69) is 10.3 Å². The molecule has 1 aromatic heterocycles. The Kier molecular flexibility index (Phi) is 6.06. The van der Waals surface area contributed by atoms with Crippen LogP contribution in [0.5, 0.6) is 11.5 Å². The number of halogens is 2. The molecule has 2 aliphatic rings. The predicted octanol–water partition coefficient (Wildman–Crippen LogP) is 3.20. The van der Waals surface area contributed by atoms with E-state index in [9.17, 15) is 13.2 Å². The monoisotopic (exact) mass is 471 g/mol. The largest absolute Gasteiger partial charge is 0.486 e. The number of amides is 1. The molecule has 2 aliphatic heterocycles. The third kappa shape index (κ3) is 4.20. The van der Waals surface area contributed by atoms with Crippen LogP contribution in [-0.2, 0) is 14.8 Å². The molecule has 1 N–H and O–H groups in total. The van der Waals surface area contributed by atoms with Crippen LogP contribution in [-0.4, -0.2) is 49.9 Å². The Bertz CT molecular complexity index is 1070. The van der Waals surface area contributed by atoms with Crippen molar-refractivity contribution < 1.29 is 22.7 Å². The summed E-state index contributed by atoms with van der Waals surface area (Å²) in [6, 6.07) is 6.20. The van der Waals surface area contributed by atoms with Crippen molar-refractivity contribution in [2.24, 2.45) is 5.92 Å². The molecule has 1 amide bonds. The SMILES string of the molecule is O=C(Nc1cc2c(cc1Cl)OCCO2)C1CCN(S(=O)(=O)c2cccnc2Cl)CC1. The number of hydrogen-bond donors (Lipinski definition) is 1. The van der Waals surface area contributed by atoms with Gasteiger partial charge in [0.2, 0.25) is 15.9 Å². The van der Waals surface area contributed by atoms with Crippen molar-refractivity contribution >= 4 is 44.8 Å². The van der Waals surface area contributed by atoms with E-state index in [1.807, 2.05) is 0 Å². The molecule has 0 aliphatic carbocycles. The summed E-state index contributed by atoms with van der Waals surface area (Å²) in [5.41, 5.74) is 0.433. The van der Waals surface area contributed by atoms with Crippen LogP contribution >= 0.6 is 23.2 Å². The Morgan fingerprint density at radius 3 is 2.47 bits per heavy atom. The smallest absolute Gasteiger partial charge is 0.246 e. The van der Waals surface area contributed by atoms with E-state index in [0.717, 1.165) is 0 Å². The standard InChI is InChI=1S/C19H19Cl2N3O5S/c20-13-10-15-16(29-9-8-28-15)11-14(13)23-19(25)12-3-6-24(7-4-12)30(26,27)17-2-1-5-22-18(17)21/h1-2,5,10-12H,3-4,6-9H2,(H,23,25). The fraction of sp³-hybridized carbons (Fsp3) is 0.368. The van der Waals surface area contributed by atoms with Gasteiger partial charge in [0, 0.05) is 37.3 Å². The maximum atomic E-state index is 12.8. The van der Waals surface area contributed by atoms with Crippen LogP contribution in [0.15, 0.2) is 35.4 Å². The minimum Gasteiger partial charge on any atom is -0.486 e. The second-order valence-electron chi connectivity index (χ2n) is 6.94. The van der Waals surface area contributed by atoms with Gasteiger partial charge in [-0.05, 0) is 25.0 Å². The molecule has 1 fully saturated rings. The number of aromatic nitrogens is 1. The number of piperidine rings is 1. The second kappa shape index (κ2) is 8.58. The summed E-state index contributed by atoms with van der Waals surface area (Å²) < 4.78 is 38.0. The molecule has 1 saturated heterocycles. The first-order chi connectivity index (χ1) is 14.4. The van der Waals surface area contributed by atoms with Crippen molar-refractivity contribution in [1.29, 1.82) is 0 Å². The van der Waals surface area contributed by atoms with E-state index in [1.165, 1.54) is 22.6 Å². The zero-order valence-corrected chi connectivity index (χ0v) is 18.1. The average Bonchev–Trinajstić information content (AvgIpc) is 2.74. The molecule has 8 nitrogen and oxygen atoms in total. The van der Waals surface area contributed by atoms with Crippen molar-refractivity contribution in [3.8, 4) is 11.5 Å². The first-order valence-electron chi connectivity index (χ1n) is 9.37. The lowest BCUT2D eigenvalue weighted by atomic mass is 9.97. The van der Waals surface area contributed by atoms with Gasteiger partial charge in [0.15, 0.2) is 11.5 Å². The topological polar surface area (TPSA) is 97.8 Å². The highest BCUT2D eigenvalue weighted by atomic mass is 35.5. The molecular formula is C19H19Cl2N3O5S. The van der Waals surface area contributed by atoms with Crippen LogP contribution in [0.25, 0.3) is 0 Å². The molecule has 0 spiro atoms. The van der Waals surface area contributed by atoms with Gasteiger partial charge in [0.05, 0.1) is 10.7 Å². The number of carbonyl (C=O) groups is 1. The van der Waals surface area contributed by atoms with Crippen molar-refractivity contribution in [3.05, 3.63) is 40.6 Å². The van der Waals surface area contributed by atoms with E-state index in [0.29, 0.717) is 48.3 Å². The van der Waals surface area contributed by atoms with Gasteiger partial charge in [-0.15, -0.1) is 0 Å². The summed E-state index contributed by atoms with van der Waals surface area (Å²) >= 11 is 12.2. The highest BCUT2D eigenvalue weighted by Crippen LogP contribution is 2.38. The highest BCUT2D eigenvalue weighted by Gasteiger charge is 2.33. The number of nitrogens with zero attached hydrogens (tertiary/aromatic N) is 2. The fourth-order valence-corrected chi connectivity index (χ4v) is 5.55. The first-order valence-corrected chi connectivity index (χ1v) is 11.6. The highest BCUT2D eigenvalue weighted by molar-refractivity contribution is 7.89. The van der Waals surface area contributed by atoms with Gasteiger partial charge < -0.3 is 14.8 Å². The minimum absolute atomic E-state index is 0.0300. The molecule has 1 aromatic carbocycles. The average molecular weight is 472 g/mol. The van der Waals surface area contributed by atoms with Crippen LogP contribution in [0.3, 0.4) is 0 Å². The number of fused-ring (bicyclic) bond motifs is 1. The van der Waals surface area contributed by atoms with E-state index in [4.69, 9.17) is 32.7 Å². The minimum atomic E-state index is -3.76. The summed E-state index contributed by atoms with van der Waals surface area (Å²) in [6.07, 6.45) is 2.19. The van der Waals surface area contributed by atoms with Gasteiger partial charge in [-0.3, -0.25) is 4.79 Å². The number of anilines is 1. The molecule has 3 heterocycles. The first kappa shape index (κ1) is 21.2. The summed E-state index contributed by atoms with van der Waals surface area (Å²) in [6.45, 7) is 1.29. The van der Waals surface area contributed by atoms with Gasteiger partial charge >= 0.3 is 0 Å². The number of benzene rings is 1. The molecule has 2 aromatic rings. The number of carbonyl (C=O) groups excluding carboxylic acids is 1. The molecule has 0 unspecified atom stereocenters. The van der Waals surface area contributed by atoms with Crippen LogP contribution in [0, 0.1) is 5.92 Å². The number of sulfonamides is 1. The van der Waals surface area contributed by atoms with E-state index in [1.54, 1.807) is 12.1 Å². The Labute approximate surface area is 184 Å². The van der Waals surface area contributed by atoms with E-state index >= 15 is 0 Å². The summed E-state index contributed by atoms with van der Waals surface area (Å²) in [7, 11) is -3.76. The van der Waals surface area contributed by atoms with Gasteiger partial charge in [-0.25, -0.2) is 13.4 Å². The third-order valence-corrected chi connectivity index (χ3v) is 7.71. The quantitative estimate of drug-likeness (QED) is 0.687. The van der Waals surface area contributed by atoms with Crippen LogP contribution in [0.1, 0.15) is 12.8 Å². The zero-order chi connectivity index (χ0) is 21.3. The number of nitrogens with one attached hydrogen (secondary N) is 1. The third-order valence-electron chi connectivity index (χ3n) is 5.06. The van der Waals surface area contributed by atoms with E-state index in [-0.39, 0.29) is 35.0 Å². The Balaban J connectivity index is 1.41. The maximum absolute atomic E-state index is 12.8. The Morgan fingerprint density at radius 2 is 1.80 bits per heavy atom. The molecule has 0 saturated carbocycles. The predicted molar refractivity (Wildman–Crippen MR) is 112 cm³/mol. The van der Waals surface area contributed by atoms with Crippen molar-refractivity contribution in [1.82, 2.24) is 9.29 Å². The van der Waals surface area contributed by atoms with Crippen molar-refractivity contribution in [3.63, 3.8) is 0 Å². The van der Waals surface area contributed by atoms with Gasteiger partial charge in [0.1, 0.15) is 23.3 Å². The van der Waals surface area contributed by atoms with Gasteiger partial charge in [-0.2, -0.15) is 4.31 Å². The lowest BCUT2D eigenvalue weighted by molar-refractivity contribution is -0.120.